The molecule has 0 aromatic heterocycles. The molecule has 5 heteroatoms. The SMILES string of the molecule is NC[C@H]1CCC[C@H]1C(=O)N1CCCC(C(=O)Nc2ccccc2)C1. The number of para-hydroxylation sites is 1. The summed E-state index contributed by atoms with van der Waals surface area (Å²) in [5, 5.41) is 2.96. The average molecular weight is 329 g/mol. The lowest BCUT2D eigenvalue weighted by Gasteiger charge is -2.34. The van der Waals surface area contributed by atoms with Gasteiger partial charge in [0.25, 0.3) is 0 Å². The van der Waals surface area contributed by atoms with E-state index in [-0.39, 0.29) is 23.7 Å². The van der Waals surface area contributed by atoms with Gasteiger partial charge in [0.2, 0.25) is 11.8 Å². The monoisotopic (exact) mass is 329 g/mol. The van der Waals surface area contributed by atoms with Gasteiger partial charge in [-0.3, -0.25) is 9.59 Å². The fourth-order valence-electron chi connectivity index (χ4n) is 4.04. The van der Waals surface area contributed by atoms with E-state index in [1.807, 2.05) is 35.2 Å². The number of nitrogens with zero attached hydrogens (tertiary/aromatic N) is 1. The molecule has 2 amide bonds. The normalized spacial score (nSPS) is 27.0. The molecule has 1 aromatic carbocycles. The molecule has 1 saturated carbocycles. The molecule has 24 heavy (non-hydrogen) atoms. The van der Waals surface area contributed by atoms with E-state index in [4.69, 9.17) is 5.73 Å². The van der Waals surface area contributed by atoms with E-state index in [2.05, 4.69) is 5.32 Å². The van der Waals surface area contributed by atoms with Crippen molar-refractivity contribution in [1.29, 1.82) is 0 Å². The Bertz CT molecular complexity index is 575. The number of carbonyl (C=O) groups is 2. The zero-order chi connectivity index (χ0) is 16.9. The first-order chi connectivity index (χ1) is 11.7. The van der Waals surface area contributed by atoms with Crippen LogP contribution in [0.4, 0.5) is 5.69 Å². The van der Waals surface area contributed by atoms with Crippen LogP contribution in [-0.2, 0) is 9.59 Å². The maximum atomic E-state index is 12.8. The third kappa shape index (κ3) is 3.78. The van der Waals surface area contributed by atoms with Crippen molar-refractivity contribution in [3.05, 3.63) is 30.3 Å². The van der Waals surface area contributed by atoms with E-state index in [1.54, 1.807) is 0 Å². The molecule has 0 bridgehead atoms. The summed E-state index contributed by atoms with van der Waals surface area (Å²) in [5.74, 6) is 0.475. The summed E-state index contributed by atoms with van der Waals surface area (Å²) in [6, 6.07) is 9.49. The van der Waals surface area contributed by atoms with Crippen LogP contribution >= 0.6 is 0 Å². The van der Waals surface area contributed by atoms with Gasteiger partial charge in [0.05, 0.1) is 5.92 Å². The Hall–Kier alpha value is -1.88. The van der Waals surface area contributed by atoms with Crippen LogP contribution in [0.3, 0.4) is 0 Å². The quantitative estimate of drug-likeness (QED) is 0.889. The molecular weight excluding hydrogens is 302 g/mol. The van der Waals surface area contributed by atoms with Crippen molar-refractivity contribution in [2.75, 3.05) is 25.0 Å². The van der Waals surface area contributed by atoms with Crippen LogP contribution in [0, 0.1) is 17.8 Å². The van der Waals surface area contributed by atoms with E-state index in [9.17, 15) is 9.59 Å². The number of benzene rings is 1. The van der Waals surface area contributed by atoms with Gasteiger partial charge in [0.1, 0.15) is 0 Å². The third-order valence-corrected chi connectivity index (χ3v) is 5.42. The zero-order valence-corrected chi connectivity index (χ0v) is 14.1. The number of amides is 2. The predicted molar refractivity (Wildman–Crippen MR) is 94.3 cm³/mol. The number of likely N-dealkylation sites (tertiary alicyclic amines) is 1. The summed E-state index contributed by atoms with van der Waals surface area (Å²) in [6.07, 6.45) is 4.81. The van der Waals surface area contributed by atoms with E-state index < -0.39 is 0 Å². The fraction of sp³-hybridized carbons (Fsp3) is 0.579. The lowest BCUT2D eigenvalue weighted by molar-refractivity contribution is -0.139. The molecule has 0 spiro atoms. The second-order valence-electron chi connectivity index (χ2n) is 7.01. The van der Waals surface area contributed by atoms with Gasteiger partial charge in [0.15, 0.2) is 0 Å². The zero-order valence-electron chi connectivity index (χ0n) is 14.1. The van der Waals surface area contributed by atoms with Gasteiger partial charge in [0, 0.05) is 24.7 Å². The third-order valence-electron chi connectivity index (χ3n) is 5.42. The molecule has 3 atom stereocenters. The molecule has 1 aliphatic heterocycles. The minimum atomic E-state index is -0.124. The Balaban J connectivity index is 1.59. The Morgan fingerprint density at radius 3 is 2.67 bits per heavy atom. The van der Waals surface area contributed by atoms with Crippen LogP contribution in [0.1, 0.15) is 32.1 Å². The van der Waals surface area contributed by atoms with Crippen molar-refractivity contribution in [3.63, 3.8) is 0 Å². The lowest BCUT2D eigenvalue weighted by atomic mass is 9.91. The number of anilines is 1. The number of nitrogens with two attached hydrogens (primary N) is 1. The van der Waals surface area contributed by atoms with Crippen molar-refractivity contribution in [2.24, 2.45) is 23.5 Å². The first kappa shape index (κ1) is 17.0. The highest BCUT2D eigenvalue weighted by molar-refractivity contribution is 5.93. The number of nitrogens with one attached hydrogen (secondary N) is 1. The molecule has 1 saturated heterocycles. The Morgan fingerprint density at radius 2 is 1.92 bits per heavy atom. The Kier molecular flexibility index (Phi) is 5.51. The second-order valence-corrected chi connectivity index (χ2v) is 7.01. The van der Waals surface area contributed by atoms with Crippen LogP contribution < -0.4 is 11.1 Å². The highest BCUT2D eigenvalue weighted by Gasteiger charge is 2.37. The first-order valence-electron chi connectivity index (χ1n) is 9.04. The van der Waals surface area contributed by atoms with Crippen LogP contribution in [-0.4, -0.2) is 36.3 Å². The summed E-state index contributed by atoms with van der Waals surface area (Å²) >= 11 is 0. The number of piperidine rings is 1. The van der Waals surface area contributed by atoms with E-state index >= 15 is 0 Å². The molecule has 1 aliphatic carbocycles. The maximum absolute atomic E-state index is 12.8. The minimum Gasteiger partial charge on any atom is -0.342 e. The average Bonchev–Trinajstić information content (AvgIpc) is 3.10. The van der Waals surface area contributed by atoms with Gasteiger partial charge in [-0.05, 0) is 50.3 Å². The highest BCUT2D eigenvalue weighted by atomic mass is 16.2. The van der Waals surface area contributed by atoms with Crippen molar-refractivity contribution >= 4 is 17.5 Å². The Labute approximate surface area is 143 Å². The van der Waals surface area contributed by atoms with Gasteiger partial charge in [-0.25, -0.2) is 0 Å². The van der Waals surface area contributed by atoms with Crippen LogP contribution in [0.15, 0.2) is 30.3 Å². The molecule has 1 heterocycles. The number of hydrogen-bond acceptors (Lipinski definition) is 3. The van der Waals surface area contributed by atoms with Gasteiger partial charge in [-0.15, -0.1) is 0 Å². The van der Waals surface area contributed by atoms with E-state index in [0.717, 1.165) is 44.3 Å². The molecule has 2 fully saturated rings. The first-order valence-corrected chi connectivity index (χ1v) is 9.04. The molecule has 2 aliphatic rings. The van der Waals surface area contributed by atoms with Gasteiger partial charge >= 0.3 is 0 Å². The van der Waals surface area contributed by atoms with E-state index in [0.29, 0.717) is 19.0 Å². The van der Waals surface area contributed by atoms with Crippen molar-refractivity contribution in [2.45, 2.75) is 32.1 Å². The van der Waals surface area contributed by atoms with Crippen LogP contribution in [0.2, 0.25) is 0 Å². The topological polar surface area (TPSA) is 75.4 Å². The molecule has 0 radical (unpaired) electrons. The summed E-state index contributed by atoms with van der Waals surface area (Å²) in [7, 11) is 0. The largest absolute Gasteiger partial charge is 0.342 e. The van der Waals surface area contributed by atoms with Crippen molar-refractivity contribution in [1.82, 2.24) is 4.90 Å². The molecule has 3 N–H and O–H groups in total. The van der Waals surface area contributed by atoms with Crippen LogP contribution in [0.25, 0.3) is 0 Å². The predicted octanol–water partition coefficient (Wildman–Crippen LogP) is 2.24. The fourth-order valence-corrected chi connectivity index (χ4v) is 4.04. The molecule has 130 valence electrons. The van der Waals surface area contributed by atoms with Gasteiger partial charge < -0.3 is 16.0 Å². The number of hydrogen-bond donors (Lipinski definition) is 2. The van der Waals surface area contributed by atoms with E-state index in [1.165, 1.54) is 0 Å². The molecule has 1 aromatic rings. The standard InChI is InChI=1S/C19H27N3O2/c20-12-14-6-4-10-17(14)19(24)22-11-5-7-15(13-22)18(23)21-16-8-2-1-3-9-16/h1-3,8-9,14-15,17H,4-7,10-13,20H2,(H,21,23)/t14-,15?,17-/m1/s1. The summed E-state index contributed by atoms with van der Waals surface area (Å²) in [5.41, 5.74) is 6.63. The Morgan fingerprint density at radius 1 is 1.12 bits per heavy atom. The van der Waals surface area contributed by atoms with Gasteiger partial charge in [-0.2, -0.15) is 0 Å². The second kappa shape index (κ2) is 7.79. The minimum absolute atomic E-state index is 0.0143. The summed E-state index contributed by atoms with van der Waals surface area (Å²) in [4.78, 5) is 27.2. The molecule has 3 rings (SSSR count). The molecule has 1 unspecified atom stereocenters. The smallest absolute Gasteiger partial charge is 0.229 e. The highest BCUT2D eigenvalue weighted by Crippen LogP contribution is 2.33. The summed E-state index contributed by atoms with van der Waals surface area (Å²) < 4.78 is 0. The maximum Gasteiger partial charge on any atom is 0.229 e. The molecule has 5 nitrogen and oxygen atoms in total. The number of carbonyl (C=O) groups excluding carboxylic acids is 2. The number of rotatable bonds is 4. The molecular formula is C19H27N3O2. The van der Waals surface area contributed by atoms with Crippen molar-refractivity contribution in [3.8, 4) is 0 Å². The summed E-state index contributed by atoms with van der Waals surface area (Å²) in [6.45, 7) is 1.88. The van der Waals surface area contributed by atoms with Crippen LogP contribution in [0.5, 0.6) is 0 Å². The van der Waals surface area contributed by atoms with Gasteiger partial charge in [-0.1, -0.05) is 24.6 Å². The van der Waals surface area contributed by atoms with Crippen molar-refractivity contribution < 1.29 is 9.59 Å². The lowest BCUT2D eigenvalue weighted by Crippen LogP contribution is -2.47.